The summed E-state index contributed by atoms with van der Waals surface area (Å²) in [6.45, 7) is 0. The van der Waals surface area contributed by atoms with E-state index in [1.165, 1.54) is 0 Å². The highest BCUT2D eigenvalue weighted by Crippen LogP contribution is 2.23. The molecule has 80 valence electrons. The second-order valence-corrected chi connectivity index (χ2v) is 2.82. The average molecular weight is 215 g/mol. The van der Waals surface area contributed by atoms with Crippen molar-refractivity contribution in [3.05, 3.63) is 39.4 Å². The predicted molar refractivity (Wildman–Crippen MR) is 47.4 cm³/mol. The van der Waals surface area contributed by atoms with Gasteiger partial charge >= 0.3 is 5.69 Å². The number of hydrogen-bond acceptors (Lipinski definition) is 3. The molecule has 0 bridgehead atoms. The third-order valence-corrected chi connectivity index (χ3v) is 1.87. The van der Waals surface area contributed by atoms with Crippen molar-refractivity contribution in [3.63, 3.8) is 0 Å². The fourth-order valence-corrected chi connectivity index (χ4v) is 1.16. The van der Waals surface area contributed by atoms with E-state index in [1.54, 1.807) is 0 Å². The lowest BCUT2D eigenvalue weighted by Gasteiger charge is -2.02. The molecule has 0 aliphatic heterocycles. The summed E-state index contributed by atoms with van der Waals surface area (Å²) < 4.78 is 26.3. The third kappa shape index (κ3) is 2.34. The minimum absolute atomic E-state index is 0.0744. The maximum absolute atomic E-state index is 13.3. The molecule has 0 radical (unpaired) electrons. The second kappa shape index (κ2) is 4.59. The number of nitrogens with zero attached hydrogens (tertiary/aromatic N) is 1. The summed E-state index contributed by atoms with van der Waals surface area (Å²) in [7, 11) is 0. The molecule has 6 heteroatoms. The molecule has 0 spiro atoms. The van der Waals surface area contributed by atoms with Crippen LogP contribution in [-0.4, -0.2) is 11.2 Å². The smallest absolute Gasteiger partial charge is 0.303 e. The highest BCUT2D eigenvalue weighted by molar-refractivity contribution is 5.50. The number of rotatable bonds is 4. The largest absolute Gasteiger partial charge is 0.305 e. The summed E-state index contributed by atoms with van der Waals surface area (Å²) in [5.41, 5.74) is -1.20. The summed E-state index contributed by atoms with van der Waals surface area (Å²) in [4.78, 5) is 19.4. The Labute approximate surface area is 83.7 Å². The summed E-state index contributed by atoms with van der Waals surface area (Å²) >= 11 is 0. The first-order valence-electron chi connectivity index (χ1n) is 4.12. The summed E-state index contributed by atoms with van der Waals surface area (Å²) in [5, 5.41) is 10.3. The first-order chi connectivity index (χ1) is 7.07. The van der Waals surface area contributed by atoms with Gasteiger partial charge in [0.05, 0.1) is 4.92 Å². The van der Waals surface area contributed by atoms with Gasteiger partial charge in [-0.05, 0) is 12.5 Å². The van der Waals surface area contributed by atoms with Crippen LogP contribution in [-0.2, 0) is 11.2 Å². The van der Waals surface area contributed by atoms with Crippen LogP contribution in [0.5, 0.6) is 0 Å². The number of carbonyl (C=O) groups excluding carboxylic acids is 1. The Hall–Kier alpha value is -1.85. The summed E-state index contributed by atoms with van der Waals surface area (Å²) in [6, 6.07) is 1.58. The van der Waals surface area contributed by atoms with Crippen molar-refractivity contribution >= 4 is 12.0 Å². The first-order valence-corrected chi connectivity index (χ1v) is 4.12. The molecule has 0 saturated heterocycles. The van der Waals surface area contributed by atoms with Crippen LogP contribution in [0.2, 0.25) is 0 Å². The van der Waals surface area contributed by atoms with Gasteiger partial charge in [-0.1, -0.05) is 0 Å². The lowest BCUT2D eigenvalue weighted by molar-refractivity contribution is -0.387. The number of halogens is 2. The van der Waals surface area contributed by atoms with E-state index in [9.17, 15) is 23.7 Å². The van der Waals surface area contributed by atoms with Crippen LogP contribution in [0.3, 0.4) is 0 Å². The molecule has 0 aromatic heterocycles. The van der Waals surface area contributed by atoms with Crippen LogP contribution in [0, 0.1) is 21.7 Å². The van der Waals surface area contributed by atoms with Gasteiger partial charge in [-0.25, -0.2) is 4.39 Å². The molecule has 0 fully saturated rings. The maximum atomic E-state index is 13.3. The van der Waals surface area contributed by atoms with Crippen LogP contribution in [0.1, 0.15) is 12.0 Å². The second-order valence-electron chi connectivity index (χ2n) is 2.82. The van der Waals surface area contributed by atoms with Crippen LogP contribution in [0.4, 0.5) is 14.5 Å². The molecule has 0 atom stereocenters. The SMILES string of the molecule is O=CCCc1c(F)ccc([N+](=O)[O-])c1F. The van der Waals surface area contributed by atoms with Gasteiger partial charge in [-0.15, -0.1) is 0 Å². The van der Waals surface area contributed by atoms with Crippen LogP contribution in [0.25, 0.3) is 0 Å². The molecule has 0 saturated carbocycles. The van der Waals surface area contributed by atoms with E-state index >= 15 is 0 Å². The van der Waals surface area contributed by atoms with E-state index in [0.717, 1.165) is 12.1 Å². The molecule has 1 aromatic carbocycles. The number of hydrogen-bond donors (Lipinski definition) is 0. The van der Waals surface area contributed by atoms with Gasteiger partial charge in [0.1, 0.15) is 12.1 Å². The minimum Gasteiger partial charge on any atom is -0.303 e. The molecule has 0 aliphatic rings. The first kappa shape index (κ1) is 11.2. The van der Waals surface area contributed by atoms with Gasteiger partial charge in [0.2, 0.25) is 5.82 Å². The van der Waals surface area contributed by atoms with Crippen molar-refractivity contribution in [1.82, 2.24) is 0 Å². The molecule has 15 heavy (non-hydrogen) atoms. The number of nitro benzene ring substituents is 1. The van der Waals surface area contributed by atoms with Gasteiger partial charge in [0.15, 0.2) is 0 Å². The van der Waals surface area contributed by atoms with Crippen molar-refractivity contribution in [2.24, 2.45) is 0 Å². The molecule has 4 nitrogen and oxygen atoms in total. The Kier molecular flexibility index (Phi) is 3.43. The molecule has 1 rings (SSSR count). The third-order valence-electron chi connectivity index (χ3n) is 1.87. The number of aldehydes is 1. The van der Waals surface area contributed by atoms with E-state index < -0.39 is 27.8 Å². The highest BCUT2D eigenvalue weighted by Gasteiger charge is 2.20. The van der Waals surface area contributed by atoms with Gasteiger partial charge in [0, 0.05) is 18.1 Å². The molecule has 0 heterocycles. The quantitative estimate of drug-likeness (QED) is 0.438. The number of carbonyl (C=O) groups is 1. The fraction of sp³-hybridized carbons (Fsp3) is 0.222. The molecule has 0 unspecified atom stereocenters. The van der Waals surface area contributed by atoms with E-state index in [0.29, 0.717) is 6.29 Å². The topological polar surface area (TPSA) is 60.2 Å². The number of nitro groups is 1. The monoisotopic (exact) mass is 215 g/mol. The maximum Gasteiger partial charge on any atom is 0.305 e. The van der Waals surface area contributed by atoms with Crippen LogP contribution in [0.15, 0.2) is 12.1 Å². The predicted octanol–water partition coefficient (Wildman–Crippen LogP) is 2.00. The van der Waals surface area contributed by atoms with Crippen molar-refractivity contribution in [1.29, 1.82) is 0 Å². The van der Waals surface area contributed by atoms with Crippen molar-refractivity contribution in [2.75, 3.05) is 0 Å². The molecular weight excluding hydrogens is 208 g/mol. The Bertz CT molecular complexity index is 407. The van der Waals surface area contributed by atoms with Crippen molar-refractivity contribution in [2.45, 2.75) is 12.8 Å². The Balaban J connectivity index is 3.17. The van der Waals surface area contributed by atoms with Crippen molar-refractivity contribution in [3.8, 4) is 0 Å². The van der Waals surface area contributed by atoms with E-state index in [4.69, 9.17) is 0 Å². The average Bonchev–Trinajstić information content (AvgIpc) is 2.17. The Morgan fingerprint density at radius 3 is 2.60 bits per heavy atom. The molecule has 1 aromatic rings. The zero-order valence-corrected chi connectivity index (χ0v) is 7.57. The standard InChI is InChI=1S/C9H7F2NO3/c10-7-3-4-8(12(14)15)9(11)6(7)2-1-5-13/h3-5H,1-2H2. The zero-order valence-electron chi connectivity index (χ0n) is 7.57. The summed E-state index contributed by atoms with van der Waals surface area (Å²) in [6.07, 6.45) is 0.246. The van der Waals surface area contributed by atoms with E-state index in [-0.39, 0.29) is 12.8 Å². The fourth-order valence-electron chi connectivity index (χ4n) is 1.16. The molecule has 0 N–H and O–H groups in total. The molecule has 0 amide bonds. The zero-order chi connectivity index (χ0) is 11.4. The molecular formula is C9H7F2NO3. The lowest BCUT2D eigenvalue weighted by Crippen LogP contribution is -2.01. The van der Waals surface area contributed by atoms with Crippen molar-refractivity contribution < 1.29 is 18.5 Å². The van der Waals surface area contributed by atoms with E-state index in [2.05, 4.69) is 0 Å². The van der Waals surface area contributed by atoms with Crippen LogP contribution >= 0.6 is 0 Å². The highest BCUT2D eigenvalue weighted by atomic mass is 19.1. The minimum atomic E-state index is -1.21. The molecule has 0 aliphatic carbocycles. The summed E-state index contributed by atoms with van der Waals surface area (Å²) in [5.74, 6) is -2.08. The number of benzene rings is 1. The van der Waals surface area contributed by atoms with E-state index in [1.807, 2.05) is 0 Å². The Morgan fingerprint density at radius 1 is 1.40 bits per heavy atom. The lowest BCUT2D eigenvalue weighted by atomic mass is 10.1. The van der Waals surface area contributed by atoms with Crippen LogP contribution < -0.4 is 0 Å². The van der Waals surface area contributed by atoms with Gasteiger partial charge in [-0.3, -0.25) is 10.1 Å². The Morgan fingerprint density at radius 2 is 2.07 bits per heavy atom. The van der Waals surface area contributed by atoms with Gasteiger partial charge in [-0.2, -0.15) is 4.39 Å². The van der Waals surface area contributed by atoms with Gasteiger partial charge in [0.25, 0.3) is 0 Å². The normalized spacial score (nSPS) is 10.0. The van der Waals surface area contributed by atoms with Gasteiger partial charge < -0.3 is 4.79 Å².